The third kappa shape index (κ3) is 4.46. The van der Waals surface area contributed by atoms with Gasteiger partial charge in [0.1, 0.15) is 5.69 Å². The fraction of sp³-hybridized carbons (Fsp3) is 0.700. The quantitative estimate of drug-likeness (QED) is 0.865. The molecule has 146 valence electrons. The predicted molar refractivity (Wildman–Crippen MR) is 101 cm³/mol. The number of carbonyl (C=O) groups excluding carboxylic acids is 2. The molecule has 0 unspecified atom stereocenters. The van der Waals surface area contributed by atoms with Crippen LogP contribution >= 0.6 is 0 Å². The van der Waals surface area contributed by atoms with Crippen LogP contribution in [0.15, 0.2) is 12.4 Å². The topological polar surface area (TPSA) is 78.4 Å². The minimum absolute atomic E-state index is 0.0266. The molecule has 27 heavy (non-hydrogen) atoms. The Bertz CT molecular complexity index is 680. The third-order valence-electron chi connectivity index (χ3n) is 6.02. The maximum absolute atomic E-state index is 12.6. The molecule has 1 aromatic heterocycles. The van der Waals surface area contributed by atoms with E-state index in [-0.39, 0.29) is 17.7 Å². The summed E-state index contributed by atoms with van der Waals surface area (Å²) in [6.07, 6.45) is 9.49. The van der Waals surface area contributed by atoms with E-state index >= 15 is 0 Å². The van der Waals surface area contributed by atoms with Crippen LogP contribution in [0.25, 0.3) is 0 Å². The molecule has 0 spiro atoms. The van der Waals surface area contributed by atoms with Crippen molar-refractivity contribution in [1.29, 1.82) is 0 Å². The Kier molecular flexibility index (Phi) is 5.38. The summed E-state index contributed by atoms with van der Waals surface area (Å²) in [5.41, 5.74) is 1.24. The molecule has 2 amide bonds. The number of amides is 2. The zero-order chi connectivity index (χ0) is 18.8. The summed E-state index contributed by atoms with van der Waals surface area (Å²) in [7, 11) is 0. The Labute approximate surface area is 160 Å². The zero-order valence-electron chi connectivity index (χ0n) is 16.1. The number of aryl methyl sites for hydroxylation is 1. The van der Waals surface area contributed by atoms with Crippen LogP contribution in [0.3, 0.4) is 0 Å². The van der Waals surface area contributed by atoms with E-state index in [1.807, 2.05) is 11.8 Å². The first-order valence-corrected chi connectivity index (χ1v) is 10.2. The molecule has 1 N–H and O–H groups in total. The molecule has 2 saturated heterocycles. The molecule has 1 atom stereocenters. The standard InChI is InChI=1S/C20H29N5O2/c1-14-11-22-18(12-21-14)20(27)24-9-6-17(7-10-24)25-8-2-3-15(13-25)19(26)23-16-4-5-16/h11-12,15-17H,2-10,13H2,1H3,(H,23,26)/t15-/m0/s1. The van der Waals surface area contributed by atoms with Crippen LogP contribution in [0.4, 0.5) is 0 Å². The van der Waals surface area contributed by atoms with Crippen LogP contribution in [-0.2, 0) is 4.79 Å². The van der Waals surface area contributed by atoms with E-state index in [0.29, 0.717) is 17.8 Å². The second-order valence-electron chi connectivity index (χ2n) is 8.18. The van der Waals surface area contributed by atoms with E-state index < -0.39 is 0 Å². The fourth-order valence-electron chi connectivity index (χ4n) is 4.20. The summed E-state index contributed by atoms with van der Waals surface area (Å²) in [5, 5.41) is 3.16. The molecule has 1 saturated carbocycles. The van der Waals surface area contributed by atoms with Gasteiger partial charge in [-0.1, -0.05) is 0 Å². The van der Waals surface area contributed by atoms with Crippen molar-refractivity contribution in [1.82, 2.24) is 25.1 Å². The number of piperidine rings is 2. The molecule has 1 aromatic rings. The van der Waals surface area contributed by atoms with Gasteiger partial charge in [-0.3, -0.25) is 19.5 Å². The Morgan fingerprint density at radius 2 is 1.81 bits per heavy atom. The van der Waals surface area contributed by atoms with Gasteiger partial charge in [0.25, 0.3) is 5.91 Å². The van der Waals surface area contributed by atoms with Crippen molar-refractivity contribution in [2.24, 2.45) is 5.92 Å². The highest BCUT2D eigenvalue weighted by Crippen LogP contribution is 2.26. The van der Waals surface area contributed by atoms with Crippen molar-refractivity contribution in [2.45, 2.75) is 57.5 Å². The van der Waals surface area contributed by atoms with Crippen molar-refractivity contribution in [3.8, 4) is 0 Å². The lowest BCUT2D eigenvalue weighted by Crippen LogP contribution is -2.51. The zero-order valence-corrected chi connectivity index (χ0v) is 16.1. The van der Waals surface area contributed by atoms with Crippen molar-refractivity contribution < 1.29 is 9.59 Å². The van der Waals surface area contributed by atoms with Gasteiger partial charge in [-0.05, 0) is 52.0 Å². The molecule has 0 bridgehead atoms. The van der Waals surface area contributed by atoms with Gasteiger partial charge in [-0.2, -0.15) is 0 Å². The van der Waals surface area contributed by atoms with Crippen molar-refractivity contribution in [2.75, 3.05) is 26.2 Å². The number of hydrogen-bond donors (Lipinski definition) is 1. The molecule has 0 radical (unpaired) electrons. The number of rotatable bonds is 4. The lowest BCUT2D eigenvalue weighted by molar-refractivity contribution is -0.127. The molecule has 3 heterocycles. The predicted octanol–water partition coefficient (Wildman–Crippen LogP) is 1.38. The van der Waals surface area contributed by atoms with Crippen LogP contribution < -0.4 is 5.32 Å². The van der Waals surface area contributed by atoms with Crippen LogP contribution in [0.1, 0.15) is 54.7 Å². The van der Waals surface area contributed by atoms with Crippen molar-refractivity contribution in [3.63, 3.8) is 0 Å². The average Bonchev–Trinajstić information content (AvgIpc) is 3.52. The molecule has 3 fully saturated rings. The fourth-order valence-corrected chi connectivity index (χ4v) is 4.20. The molecular weight excluding hydrogens is 342 g/mol. The Morgan fingerprint density at radius 1 is 1.04 bits per heavy atom. The van der Waals surface area contributed by atoms with Crippen LogP contribution in [0.2, 0.25) is 0 Å². The van der Waals surface area contributed by atoms with E-state index in [1.165, 1.54) is 0 Å². The number of nitrogens with one attached hydrogen (secondary N) is 1. The summed E-state index contributed by atoms with van der Waals surface area (Å²) in [5.74, 6) is 0.343. The molecule has 2 aliphatic heterocycles. The monoisotopic (exact) mass is 371 g/mol. The largest absolute Gasteiger partial charge is 0.353 e. The van der Waals surface area contributed by atoms with E-state index in [2.05, 4.69) is 20.2 Å². The van der Waals surface area contributed by atoms with E-state index in [1.54, 1.807) is 12.4 Å². The molecular formula is C20H29N5O2. The molecule has 0 aromatic carbocycles. The second kappa shape index (κ2) is 7.92. The van der Waals surface area contributed by atoms with Crippen molar-refractivity contribution in [3.05, 3.63) is 23.8 Å². The van der Waals surface area contributed by atoms with Gasteiger partial charge < -0.3 is 10.2 Å². The number of likely N-dealkylation sites (tertiary alicyclic amines) is 2. The van der Waals surface area contributed by atoms with Crippen LogP contribution in [-0.4, -0.2) is 69.8 Å². The highest BCUT2D eigenvalue weighted by Gasteiger charge is 2.34. The normalized spacial score (nSPS) is 24.6. The maximum Gasteiger partial charge on any atom is 0.274 e. The Balaban J connectivity index is 1.28. The lowest BCUT2D eigenvalue weighted by Gasteiger charge is -2.42. The Morgan fingerprint density at radius 3 is 2.48 bits per heavy atom. The van der Waals surface area contributed by atoms with Gasteiger partial charge in [-0.15, -0.1) is 0 Å². The molecule has 7 heteroatoms. The minimum atomic E-state index is -0.0266. The first-order valence-electron chi connectivity index (χ1n) is 10.2. The van der Waals surface area contributed by atoms with Gasteiger partial charge >= 0.3 is 0 Å². The van der Waals surface area contributed by atoms with Crippen LogP contribution in [0.5, 0.6) is 0 Å². The summed E-state index contributed by atoms with van der Waals surface area (Å²) in [6.45, 7) is 5.28. The Hall–Kier alpha value is -2.02. The van der Waals surface area contributed by atoms with E-state index in [4.69, 9.17) is 0 Å². The first-order chi connectivity index (χ1) is 13.1. The third-order valence-corrected chi connectivity index (χ3v) is 6.02. The minimum Gasteiger partial charge on any atom is -0.353 e. The van der Waals surface area contributed by atoms with Crippen molar-refractivity contribution >= 4 is 11.8 Å². The highest BCUT2D eigenvalue weighted by molar-refractivity contribution is 5.92. The average molecular weight is 371 g/mol. The summed E-state index contributed by atoms with van der Waals surface area (Å²) < 4.78 is 0. The summed E-state index contributed by atoms with van der Waals surface area (Å²) in [6, 6.07) is 0.904. The van der Waals surface area contributed by atoms with Crippen LogP contribution in [0, 0.1) is 12.8 Å². The summed E-state index contributed by atoms with van der Waals surface area (Å²) >= 11 is 0. The van der Waals surface area contributed by atoms with Gasteiger partial charge in [-0.25, -0.2) is 4.98 Å². The first kappa shape index (κ1) is 18.3. The van der Waals surface area contributed by atoms with E-state index in [0.717, 1.165) is 70.4 Å². The summed E-state index contributed by atoms with van der Waals surface area (Å²) in [4.78, 5) is 37.8. The molecule has 4 rings (SSSR count). The van der Waals surface area contributed by atoms with Gasteiger partial charge in [0.2, 0.25) is 5.91 Å². The maximum atomic E-state index is 12.6. The number of hydrogen-bond acceptors (Lipinski definition) is 5. The SMILES string of the molecule is Cc1cnc(C(=O)N2CCC(N3CCC[C@H](C(=O)NC4CC4)C3)CC2)cn1. The van der Waals surface area contributed by atoms with Gasteiger partial charge in [0.15, 0.2) is 0 Å². The highest BCUT2D eigenvalue weighted by atomic mass is 16.2. The smallest absolute Gasteiger partial charge is 0.274 e. The molecule has 1 aliphatic carbocycles. The molecule has 3 aliphatic rings. The van der Waals surface area contributed by atoms with Gasteiger partial charge in [0.05, 0.1) is 17.8 Å². The lowest BCUT2D eigenvalue weighted by atomic mass is 9.93. The van der Waals surface area contributed by atoms with Gasteiger partial charge in [0, 0.05) is 37.9 Å². The number of nitrogens with zero attached hydrogens (tertiary/aromatic N) is 4. The number of aromatic nitrogens is 2. The van der Waals surface area contributed by atoms with E-state index in [9.17, 15) is 9.59 Å². The molecule has 7 nitrogen and oxygen atoms in total. The number of carbonyl (C=O) groups is 2. The second-order valence-corrected chi connectivity index (χ2v) is 8.18.